The van der Waals surface area contributed by atoms with Crippen molar-refractivity contribution in [3.8, 4) is 0 Å². The molecule has 0 aromatic carbocycles. The van der Waals surface area contributed by atoms with E-state index in [1.54, 1.807) is 0 Å². The molecule has 0 saturated carbocycles. The van der Waals surface area contributed by atoms with Crippen LogP contribution in [0.15, 0.2) is 0 Å². The van der Waals surface area contributed by atoms with Crippen molar-refractivity contribution in [2.75, 3.05) is 13.2 Å². The van der Waals surface area contributed by atoms with Gasteiger partial charge in [-0.05, 0) is 0 Å². The Labute approximate surface area is 88.3 Å². The van der Waals surface area contributed by atoms with Crippen molar-refractivity contribution in [3.63, 3.8) is 0 Å². The van der Waals surface area contributed by atoms with E-state index in [9.17, 15) is 0 Å². The second kappa shape index (κ2) is 10.3. The van der Waals surface area contributed by atoms with Crippen LogP contribution in [0, 0.1) is 0 Å². The topological polar surface area (TPSA) is 124 Å². The van der Waals surface area contributed by atoms with Gasteiger partial charge in [-0.3, -0.25) is 0 Å². The van der Waals surface area contributed by atoms with Crippen LogP contribution < -0.4 is 5.73 Å². The van der Waals surface area contributed by atoms with Gasteiger partial charge >= 0.3 is 45.6 Å². The molecule has 0 aliphatic rings. The summed E-state index contributed by atoms with van der Waals surface area (Å²) in [5.74, 6) is 0. The third-order valence-corrected chi connectivity index (χ3v) is 0.129. The first-order chi connectivity index (χ1) is 3.91. The summed E-state index contributed by atoms with van der Waals surface area (Å²) in [5.41, 5.74) is 4.78. The Kier molecular flexibility index (Phi) is 17.9. The summed E-state index contributed by atoms with van der Waals surface area (Å²) in [7, 11) is -4.64. The standard InChI is InChI=1S/C2H7NO.Ca.H3O4P.2H/c3-1-2-4;;1-5(2,3)4;;/h4H,1-3H2;;(H3,1,2,3,4);;. The number of aliphatic hydroxyl groups is 1. The van der Waals surface area contributed by atoms with Crippen LogP contribution >= 0.6 is 7.82 Å². The van der Waals surface area contributed by atoms with Crippen LogP contribution in [-0.2, 0) is 4.57 Å². The Balaban J connectivity index is -0.0000000910. The van der Waals surface area contributed by atoms with E-state index in [2.05, 4.69) is 0 Å². The molecule has 0 amide bonds. The van der Waals surface area contributed by atoms with Crippen LogP contribution in [0.4, 0.5) is 0 Å². The van der Waals surface area contributed by atoms with Crippen LogP contribution in [0.5, 0.6) is 0 Å². The minimum atomic E-state index is -4.64. The molecule has 0 fully saturated rings. The van der Waals surface area contributed by atoms with Gasteiger partial charge < -0.3 is 25.5 Å². The van der Waals surface area contributed by atoms with E-state index in [0.717, 1.165) is 0 Å². The number of phosphoric acid groups is 1. The molecule has 0 spiro atoms. The number of nitrogens with two attached hydrogens (primary N) is 1. The molecule has 0 radical (unpaired) electrons. The molecule has 0 atom stereocenters. The quantitative estimate of drug-likeness (QED) is 0.229. The number of hydrogen-bond donors (Lipinski definition) is 5. The van der Waals surface area contributed by atoms with Gasteiger partial charge in [-0.15, -0.1) is 0 Å². The Morgan fingerprint density at radius 1 is 1.30 bits per heavy atom. The van der Waals surface area contributed by atoms with Gasteiger partial charge in [0.15, 0.2) is 0 Å². The summed E-state index contributed by atoms with van der Waals surface area (Å²) in [4.78, 5) is 21.6. The SMILES string of the molecule is NCCO.O=P(O)(O)O.[CaH2]. The molecule has 62 valence electrons. The van der Waals surface area contributed by atoms with Gasteiger partial charge in [-0.1, -0.05) is 0 Å². The van der Waals surface area contributed by atoms with E-state index in [1.807, 2.05) is 0 Å². The predicted molar refractivity (Wildman–Crippen MR) is 38.9 cm³/mol. The first-order valence-electron chi connectivity index (χ1n) is 2.01. The first-order valence-corrected chi connectivity index (χ1v) is 3.57. The molecule has 0 aliphatic heterocycles. The second-order valence-electron chi connectivity index (χ2n) is 1.03. The fourth-order valence-corrected chi connectivity index (χ4v) is 0. The predicted octanol–water partition coefficient (Wildman–Crippen LogP) is -2.91. The summed E-state index contributed by atoms with van der Waals surface area (Å²) in [5, 5.41) is 7.75. The van der Waals surface area contributed by atoms with E-state index >= 15 is 0 Å². The first kappa shape index (κ1) is 17.4. The van der Waals surface area contributed by atoms with E-state index in [4.69, 9.17) is 30.1 Å². The molecular weight excluding hydrogens is 189 g/mol. The van der Waals surface area contributed by atoms with Crippen LogP contribution in [0.1, 0.15) is 0 Å². The zero-order chi connectivity index (χ0) is 7.91. The van der Waals surface area contributed by atoms with Crippen molar-refractivity contribution in [1.29, 1.82) is 0 Å². The Bertz CT molecular complexity index is 83.4. The molecule has 10 heavy (non-hydrogen) atoms. The molecule has 0 heterocycles. The third-order valence-electron chi connectivity index (χ3n) is 0.129. The molecule has 8 heteroatoms. The van der Waals surface area contributed by atoms with Crippen LogP contribution in [0.2, 0.25) is 0 Å². The van der Waals surface area contributed by atoms with Crippen molar-refractivity contribution in [2.24, 2.45) is 5.73 Å². The maximum atomic E-state index is 8.88. The Morgan fingerprint density at radius 2 is 1.40 bits per heavy atom. The average Bonchev–Trinajstić information content (AvgIpc) is 1.61. The fourth-order valence-electron chi connectivity index (χ4n) is 0. The third kappa shape index (κ3) is 122. The molecule has 0 unspecified atom stereocenters. The molecule has 0 rings (SSSR count). The van der Waals surface area contributed by atoms with Gasteiger partial charge in [-0.2, -0.15) is 0 Å². The van der Waals surface area contributed by atoms with Gasteiger partial charge in [0.1, 0.15) is 0 Å². The molecule has 0 saturated heterocycles. The second-order valence-corrected chi connectivity index (χ2v) is 2.05. The zero-order valence-electron chi connectivity index (χ0n) is 4.64. The van der Waals surface area contributed by atoms with Gasteiger partial charge in [0.25, 0.3) is 0 Å². The monoisotopic (exact) mass is 201 g/mol. The molecular formula is C2H12CaNO5P. The van der Waals surface area contributed by atoms with Crippen LogP contribution in [0.3, 0.4) is 0 Å². The molecule has 0 aliphatic carbocycles. The fraction of sp³-hybridized carbons (Fsp3) is 1.00. The molecule has 6 N–H and O–H groups in total. The van der Waals surface area contributed by atoms with Crippen molar-refractivity contribution in [3.05, 3.63) is 0 Å². The van der Waals surface area contributed by atoms with Gasteiger partial charge in [0.05, 0.1) is 6.61 Å². The van der Waals surface area contributed by atoms with E-state index in [1.165, 1.54) is 0 Å². The van der Waals surface area contributed by atoms with Crippen molar-refractivity contribution in [2.45, 2.75) is 0 Å². The Hall–Kier alpha value is 1.29. The number of rotatable bonds is 1. The van der Waals surface area contributed by atoms with Crippen molar-refractivity contribution >= 4 is 45.6 Å². The summed E-state index contributed by atoms with van der Waals surface area (Å²) in [6, 6.07) is 0. The Morgan fingerprint density at radius 3 is 1.40 bits per heavy atom. The van der Waals surface area contributed by atoms with Gasteiger partial charge in [-0.25, -0.2) is 4.57 Å². The summed E-state index contributed by atoms with van der Waals surface area (Å²) < 4.78 is 8.88. The summed E-state index contributed by atoms with van der Waals surface area (Å²) >= 11 is 0. The van der Waals surface area contributed by atoms with Crippen LogP contribution in [-0.4, -0.2) is 70.7 Å². The average molecular weight is 201 g/mol. The molecule has 0 bridgehead atoms. The van der Waals surface area contributed by atoms with E-state index < -0.39 is 7.82 Å². The number of aliphatic hydroxyl groups excluding tert-OH is 1. The molecule has 0 aromatic rings. The van der Waals surface area contributed by atoms with E-state index in [-0.39, 0.29) is 44.3 Å². The van der Waals surface area contributed by atoms with E-state index in [0.29, 0.717) is 6.54 Å². The van der Waals surface area contributed by atoms with Crippen molar-refractivity contribution < 1.29 is 24.4 Å². The maximum absolute atomic E-state index is 8.88. The van der Waals surface area contributed by atoms with Crippen molar-refractivity contribution in [1.82, 2.24) is 0 Å². The zero-order valence-corrected chi connectivity index (χ0v) is 5.53. The van der Waals surface area contributed by atoms with Crippen LogP contribution in [0.25, 0.3) is 0 Å². The van der Waals surface area contributed by atoms with Gasteiger partial charge in [0, 0.05) is 6.54 Å². The molecule has 0 aromatic heterocycles. The normalized spacial score (nSPS) is 8.90. The summed E-state index contributed by atoms with van der Waals surface area (Å²) in [6.45, 7) is 0.472. The summed E-state index contributed by atoms with van der Waals surface area (Å²) in [6.07, 6.45) is 0. The number of hydrogen-bond acceptors (Lipinski definition) is 3. The molecule has 6 nitrogen and oxygen atoms in total. The van der Waals surface area contributed by atoms with Gasteiger partial charge in [0.2, 0.25) is 0 Å². The minimum absolute atomic E-state index is 0.